The predicted octanol–water partition coefficient (Wildman–Crippen LogP) is -0.482. The van der Waals surface area contributed by atoms with E-state index in [1.54, 1.807) is 0 Å². The summed E-state index contributed by atoms with van der Waals surface area (Å²) in [4.78, 5) is 21.6. The van der Waals surface area contributed by atoms with Crippen molar-refractivity contribution >= 4 is 17.9 Å². The average Bonchev–Trinajstić information content (AvgIpc) is 1.68. The second kappa shape index (κ2) is 12.9. The van der Waals surface area contributed by atoms with Gasteiger partial charge in [0.1, 0.15) is 0 Å². The molecule has 0 aliphatic rings. The van der Waals surface area contributed by atoms with Gasteiger partial charge >= 0.3 is 58.8 Å². The monoisotopic (exact) mass is 268 g/mol. The fraction of sp³-hybridized carbons (Fsp3) is 0. The number of rotatable bonds is 0. The van der Waals surface area contributed by atoms with Crippen molar-refractivity contribution in [3.63, 3.8) is 0 Å². The molecular weight excluding hydrogens is 265 g/mol. The van der Waals surface area contributed by atoms with Crippen molar-refractivity contribution in [3.05, 3.63) is 0 Å². The van der Waals surface area contributed by atoms with Gasteiger partial charge in [0.15, 0.2) is 0 Å². The van der Waals surface area contributed by atoms with Crippen LogP contribution in [0.5, 0.6) is 0 Å². The fourth-order valence-corrected chi connectivity index (χ4v) is 0. The maximum atomic E-state index is 8.88. The Morgan fingerprint density at radius 2 is 1.20 bits per heavy atom. The molecular formula is H3ClMnO6PTi. The fourth-order valence-electron chi connectivity index (χ4n) is 0. The Bertz CT molecular complexity index is 115. The van der Waals surface area contributed by atoms with Crippen LogP contribution in [0, 0.1) is 0 Å². The summed E-state index contributed by atoms with van der Waals surface area (Å²) in [6.45, 7) is 0. The summed E-state index contributed by atoms with van der Waals surface area (Å²) in [6, 6.07) is 0. The van der Waals surface area contributed by atoms with Crippen molar-refractivity contribution in [1.29, 1.82) is 0 Å². The second-order valence-electron chi connectivity index (χ2n) is 0.597. The molecule has 6 nitrogen and oxygen atoms in total. The number of hydrogen-bond acceptors (Lipinski definition) is 3. The molecule has 0 saturated carbocycles. The zero-order chi connectivity index (χ0) is 9.21. The van der Waals surface area contributed by atoms with Gasteiger partial charge in [-0.05, 0) is 0 Å². The van der Waals surface area contributed by atoms with E-state index in [4.69, 9.17) is 25.9 Å². The number of halogens is 1. The minimum absolute atomic E-state index is 2.00. The van der Waals surface area contributed by atoms with Gasteiger partial charge in [0.05, 0.1) is 0 Å². The molecule has 0 radical (unpaired) electrons. The number of phosphoric acid groups is 1. The van der Waals surface area contributed by atoms with Crippen molar-refractivity contribution < 1.29 is 60.1 Å². The molecule has 0 heterocycles. The molecule has 0 aliphatic heterocycles. The van der Waals surface area contributed by atoms with Crippen molar-refractivity contribution in [2.75, 3.05) is 0 Å². The molecule has 0 aromatic carbocycles. The molecule has 0 unspecified atom stereocenters. The van der Waals surface area contributed by atoms with Crippen LogP contribution in [-0.2, 0) is 45.4 Å². The van der Waals surface area contributed by atoms with Crippen LogP contribution in [0.3, 0.4) is 0 Å². The molecule has 0 atom stereocenters. The van der Waals surface area contributed by atoms with Gasteiger partial charge in [-0.25, -0.2) is 4.57 Å². The van der Waals surface area contributed by atoms with E-state index in [-0.39, 0.29) is 0 Å². The van der Waals surface area contributed by atoms with Crippen LogP contribution < -0.4 is 0 Å². The molecule has 3 N–H and O–H groups in total. The first-order valence-corrected chi connectivity index (χ1v) is 5.80. The van der Waals surface area contributed by atoms with Crippen LogP contribution in [0.1, 0.15) is 0 Å². The van der Waals surface area contributed by atoms with Crippen LogP contribution >= 0.6 is 17.9 Å². The molecule has 0 rings (SSSR count). The van der Waals surface area contributed by atoms with E-state index in [2.05, 4.69) is 25.2 Å². The topological polar surface area (TPSA) is 112 Å². The van der Waals surface area contributed by atoms with Gasteiger partial charge in [-0.15, -0.1) is 0 Å². The summed E-state index contributed by atoms with van der Waals surface area (Å²) in [5.41, 5.74) is 0. The Balaban J connectivity index is -0.0000000847. The SMILES string of the molecule is O=P(O)(O)O.[Cl][Mn].[O]=[Ti]=[O]. The molecule has 0 saturated heterocycles. The number of hydrogen-bond donors (Lipinski definition) is 3. The zero-order valence-corrected chi connectivity index (χ0v) is 8.66. The van der Waals surface area contributed by atoms with E-state index >= 15 is 0 Å². The molecule has 0 aromatic heterocycles. The van der Waals surface area contributed by atoms with Crippen molar-refractivity contribution in [2.24, 2.45) is 0 Å². The summed E-state index contributed by atoms with van der Waals surface area (Å²) < 4.78 is 25.9. The van der Waals surface area contributed by atoms with Gasteiger partial charge < -0.3 is 14.7 Å². The van der Waals surface area contributed by atoms with E-state index in [0.717, 1.165) is 0 Å². The van der Waals surface area contributed by atoms with E-state index in [1.807, 2.05) is 0 Å². The summed E-state index contributed by atoms with van der Waals surface area (Å²) in [5.74, 6) is 0. The summed E-state index contributed by atoms with van der Waals surface area (Å²) >= 11 is 0.410. The zero-order valence-electron chi connectivity index (χ0n) is 4.27. The first-order valence-electron chi connectivity index (χ1n) is 1.33. The van der Waals surface area contributed by atoms with Crippen LogP contribution in [0.15, 0.2) is 0 Å². The quantitative estimate of drug-likeness (QED) is 0.404. The predicted molar refractivity (Wildman–Crippen MR) is 21.5 cm³/mol. The van der Waals surface area contributed by atoms with Gasteiger partial charge in [0.2, 0.25) is 0 Å². The van der Waals surface area contributed by atoms with Crippen molar-refractivity contribution in [2.45, 2.75) is 0 Å². The Hall–Kier alpha value is 1.23. The van der Waals surface area contributed by atoms with Crippen LogP contribution in [-0.4, -0.2) is 14.7 Å². The molecule has 10 heavy (non-hydrogen) atoms. The summed E-state index contributed by atoms with van der Waals surface area (Å²) in [6.07, 6.45) is 0. The second-order valence-corrected chi connectivity index (χ2v) is 1.88. The molecule has 0 fully saturated rings. The molecule has 0 amide bonds. The van der Waals surface area contributed by atoms with Crippen LogP contribution in [0.2, 0.25) is 0 Å². The average molecular weight is 268 g/mol. The van der Waals surface area contributed by atoms with E-state index in [0.29, 0.717) is 0 Å². The molecule has 10 heteroatoms. The standard InChI is InChI=1S/ClH.Mn.H3O4P.2O.Ti/c;;1-5(2,3)4;;;/h1H;;(H3,1,2,3,4);;;/q;+1;;;;/p-1. The Morgan fingerprint density at radius 3 is 1.20 bits per heavy atom. The van der Waals surface area contributed by atoms with Gasteiger partial charge in [0, 0.05) is 0 Å². The van der Waals surface area contributed by atoms with Gasteiger partial charge in [-0.1, -0.05) is 0 Å². The van der Waals surface area contributed by atoms with E-state index < -0.39 is 26.9 Å². The molecule has 0 spiro atoms. The first kappa shape index (κ1) is 17.4. The third-order valence-electron chi connectivity index (χ3n) is 0. The van der Waals surface area contributed by atoms with E-state index in [1.165, 1.54) is 0 Å². The normalized spacial score (nSPS) is 7.30. The third kappa shape index (κ3) is 411. The van der Waals surface area contributed by atoms with Gasteiger partial charge in [-0.2, -0.15) is 0 Å². The Kier molecular flexibility index (Phi) is 22.3. The minimum atomic E-state index is -4.64. The Morgan fingerprint density at radius 1 is 1.20 bits per heavy atom. The van der Waals surface area contributed by atoms with Crippen LogP contribution in [0.4, 0.5) is 0 Å². The van der Waals surface area contributed by atoms with Gasteiger partial charge in [-0.3, -0.25) is 0 Å². The van der Waals surface area contributed by atoms with Gasteiger partial charge in [0.25, 0.3) is 0 Å². The third-order valence-corrected chi connectivity index (χ3v) is 0. The molecule has 0 aromatic rings. The van der Waals surface area contributed by atoms with Crippen molar-refractivity contribution in [1.82, 2.24) is 0 Å². The summed E-state index contributed by atoms with van der Waals surface area (Å²) in [5, 5.41) is 0. The Labute approximate surface area is 77.8 Å². The van der Waals surface area contributed by atoms with E-state index in [9.17, 15) is 0 Å². The maximum absolute atomic E-state index is 8.88. The molecule has 0 bridgehead atoms. The first-order chi connectivity index (χ1) is 4.41. The molecule has 0 aliphatic carbocycles. The molecule has 62 valence electrons. The van der Waals surface area contributed by atoms with Crippen molar-refractivity contribution in [3.8, 4) is 0 Å². The summed E-state index contributed by atoms with van der Waals surface area (Å²) in [7, 11) is -0.188. The van der Waals surface area contributed by atoms with Crippen LogP contribution in [0.25, 0.3) is 0 Å².